The number of hydrogen-bond donors (Lipinski definition) is 2. The maximum atomic E-state index is 5.79. The summed E-state index contributed by atoms with van der Waals surface area (Å²) < 4.78 is 6.84. The highest BCUT2D eigenvalue weighted by Gasteiger charge is 1.98. The van der Waals surface area contributed by atoms with Gasteiger partial charge in [0, 0.05) is 11.5 Å². The van der Waals surface area contributed by atoms with Crippen molar-refractivity contribution < 1.29 is 4.74 Å². The number of ether oxygens (including phenoxy) is 1. The summed E-state index contributed by atoms with van der Waals surface area (Å²) in [5, 5.41) is 7.30. The zero-order valence-corrected chi connectivity index (χ0v) is 14.4. The number of nitrogens with zero attached hydrogens (tertiary/aromatic N) is 1. The monoisotopic (exact) mass is 377 g/mol. The van der Waals surface area contributed by atoms with E-state index in [1.54, 1.807) is 13.3 Å². The third-order valence-corrected chi connectivity index (χ3v) is 3.61. The van der Waals surface area contributed by atoms with Gasteiger partial charge in [-0.1, -0.05) is 40.2 Å². The van der Waals surface area contributed by atoms with E-state index in [1.807, 2.05) is 48.5 Å². The molecule has 0 fully saturated rings. The topological polar surface area (TPSA) is 45.7 Å². The van der Waals surface area contributed by atoms with Crippen molar-refractivity contribution in [1.29, 1.82) is 0 Å². The second-order valence-electron chi connectivity index (χ2n) is 4.44. The van der Waals surface area contributed by atoms with Crippen LogP contribution < -0.4 is 15.5 Å². The number of thiocarbonyl (C=S) groups is 1. The van der Waals surface area contributed by atoms with Gasteiger partial charge in [-0.15, -0.1) is 0 Å². The number of nitrogens with one attached hydrogen (secondary N) is 2. The molecule has 2 aromatic carbocycles. The van der Waals surface area contributed by atoms with Crippen LogP contribution in [0.15, 0.2) is 58.1 Å². The molecule has 2 rings (SSSR count). The molecule has 2 N–H and O–H groups in total. The van der Waals surface area contributed by atoms with Crippen molar-refractivity contribution in [3.63, 3.8) is 0 Å². The molecule has 0 unspecified atom stereocenters. The first-order valence-corrected chi connectivity index (χ1v) is 7.85. The lowest BCUT2D eigenvalue weighted by molar-refractivity contribution is 0.306. The first-order valence-electron chi connectivity index (χ1n) is 6.65. The van der Waals surface area contributed by atoms with Crippen molar-refractivity contribution in [1.82, 2.24) is 10.7 Å². The molecule has 2 aromatic rings. The Bertz CT molecular complexity index is 659. The van der Waals surface area contributed by atoms with Crippen molar-refractivity contribution in [2.24, 2.45) is 5.10 Å². The maximum Gasteiger partial charge on any atom is 0.186 e. The van der Waals surface area contributed by atoms with Crippen LogP contribution in [-0.4, -0.2) is 18.4 Å². The summed E-state index contributed by atoms with van der Waals surface area (Å²) in [4.78, 5) is 0. The van der Waals surface area contributed by atoms with Gasteiger partial charge in [0.1, 0.15) is 12.4 Å². The summed E-state index contributed by atoms with van der Waals surface area (Å²) in [6.45, 7) is 0.524. The Hall–Kier alpha value is -1.92. The first-order chi connectivity index (χ1) is 10.7. The quantitative estimate of drug-likeness (QED) is 0.475. The molecule has 0 heterocycles. The third-order valence-electron chi connectivity index (χ3n) is 2.78. The molecule has 4 nitrogen and oxygen atoms in total. The summed E-state index contributed by atoms with van der Waals surface area (Å²) in [6.07, 6.45) is 1.69. The fraction of sp³-hybridized carbons (Fsp3) is 0.125. The number of rotatable bonds is 5. The van der Waals surface area contributed by atoms with E-state index in [2.05, 4.69) is 31.8 Å². The van der Waals surface area contributed by atoms with E-state index in [4.69, 9.17) is 17.0 Å². The van der Waals surface area contributed by atoms with E-state index in [-0.39, 0.29) is 0 Å². The van der Waals surface area contributed by atoms with Crippen molar-refractivity contribution in [2.45, 2.75) is 6.61 Å². The normalized spacial score (nSPS) is 10.5. The van der Waals surface area contributed by atoms with E-state index < -0.39 is 0 Å². The largest absolute Gasteiger partial charge is 0.489 e. The van der Waals surface area contributed by atoms with Gasteiger partial charge >= 0.3 is 0 Å². The van der Waals surface area contributed by atoms with E-state index >= 15 is 0 Å². The minimum atomic E-state index is 0.471. The van der Waals surface area contributed by atoms with Gasteiger partial charge in [0.15, 0.2) is 5.11 Å². The van der Waals surface area contributed by atoms with E-state index in [0.717, 1.165) is 21.3 Å². The van der Waals surface area contributed by atoms with Crippen molar-refractivity contribution in [3.05, 3.63) is 64.1 Å². The minimum absolute atomic E-state index is 0.471. The van der Waals surface area contributed by atoms with Gasteiger partial charge in [0.2, 0.25) is 0 Å². The number of halogens is 1. The van der Waals surface area contributed by atoms with Crippen LogP contribution in [0.4, 0.5) is 0 Å². The van der Waals surface area contributed by atoms with Crippen LogP contribution in [0.1, 0.15) is 11.1 Å². The van der Waals surface area contributed by atoms with Crippen LogP contribution in [-0.2, 0) is 6.61 Å². The van der Waals surface area contributed by atoms with Crippen LogP contribution in [0, 0.1) is 0 Å². The smallest absolute Gasteiger partial charge is 0.186 e. The summed E-state index contributed by atoms with van der Waals surface area (Å²) in [6, 6.07) is 15.8. The molecule has 0 saturated carbocycles. The number of hydrazone groups is 1. The average Bonchev–Trinajstić information content (AvgIpc) is 2.54. The molecule has 0 atom stereocenters. The molecule has 0 aliphatic rings. The molecule has 0 aliphatic heterocycles. The van der Waals surface area contributed by atoms with Gasteiger partial charge in [-0.3, -0.25) is 5.43 Å². The highest BCUT2D eigenvalue weighted by atomic mass is 79.9. The lowest BCUT2D eigenvalue weighted by atomic mass is 10.2. The molecule has 0 aromatic heterocycles. The van der Waals surface area contributed by atoms with Crippen molar-refractivity contribution in [3.8, 4) is 5.75 Å². The molecule has 0 aliphatic carbocycles. The molecule has 22 heavy (non-hydrogen) atoms. The van der Waals surface area contributed by atoms with E-state index in [0.29, 0.717) is 11.7 Å². The van der Waals surface area contributed by atoms with Gasteiger partial charge in [-0.05, 0) is 47.6 Å². The standard InChI is InChI=1S/C16H16BrN3OS/c1-18-16(22)20-19-10-13-3-2-4-15(9-13)21-11-12-5-7-14(17)8-6-12/h2-10H,11H2,1H3,(H2,18,20,22)/b19-10-. The van der Waals surface area contributed by atoms with Crippen LogP contribution in [0.2, 0.25) is 0 Å². The Labute approximate surface area is 143 Å². The molecule has 0 saturated heterocycles. The predicted octanol–water partition coefficient (Wildman–Crippen LogP) is 3.46. The SMILES string of the molecule is CNC(=S)N/N=C\c1cccc(OCc2ccc(Br)cc2)c1. The third kappa shape index (κ3) is 5.46. The van der Waals surface area contributed by atoms with E-state index in [1.165, 1.54) is 0 Å². The average molecular weight is 378 g/mol. The molecular weight excluding hydrogens is 362 g/mol. The molecule has 0 amide bonds. The molecule has 0 bridgehead atoms. The van der Waals surface area contributed by atoms with Crippen LogP contribution in [0.3, 0.4) is 0 Å². The Morgan fingerprint density at radius 2 is 2.05 bits per heavy atom. The summed E-state index contributed by atoms with van der Waals surface area (Å²) in [5.74, 6) is 0.795. The maximum absolute atomic E-state index is 5.79. The molecule has 0 radical (unpaired) electrons. The second kappa shape index (κ2) is 8.51. The minimum Gasteiger partial charge on any atom is -0.489 e. The van der Waals surface area contributed by atoms with Gasteiger partial charge in [0.05, 0.1) is 6.21 Å². The Morgan fingerprint density at radius 3 is 2.77 bits per heavy atom. The van der Waals surface area contributed by atoms with Gasteiger partial charge in [0.25, 0.3) is 0 Å². The molecule has 114 valence electrons. The summed E-state index contributed by atoms with van der Waals surface area (Å²) in [5.41, 5.74) is 4.75. The lowest BCUT2D eigenvalue weighted by Crippen LogP contribution is -2.28. The van der Waals surface area contributed by atoms with Crippen molar-refractivity contribution in [2.75, 3.05) is 7.05 Å². The fourth-order valence-corrected chi connectivity index (χ4v) is 1.97. The Kier molecular flexibility index (Phi) is 6.36. The predicted molar refractivity (Wildman–Crippen MR) is 97.3 cm³/mol. The van der Waals surface area contributed by atoms with Gasteiger partial charge in [-0.25, -0.2) is 0 Å². The first kappa shape index (κ1) is 16.5. The number of hydrogen-bond acceptors (Lipinski definition) is 3. The fourth-order valence-electron chi connectivity index (χ4n) is 1.65. The molecule has 0 spiro atoms. The Morgan fingerprint density at radius 1 is 1.27 bits per heavy atom. The molecular formula is C16H16BrN3OS. The van der Waals surface area contributed by atoms with Crippen molar-refractivity contribution >= 4 is 39.5 Å². The van der Waals surface area contributed by atoms with Gasteiger partial charge in [-0.2, -0.15) is 5.10 Å². The van der Waals surface area contributed by atoms with Crippen LogP contribution in [0.5, 0.6) is 5.75 Å². The Balaban J connectivity index is 1.93. The highest BCUT2D eigenvalue weighted by Crippen LogP contribution is 2.16. The summed E-state index contributed by atoms with van der Waals surface area (Å²) >= 11 is 8.35. The highest BCUT2D eigenvalue weighted by molar-refractivity contribution is 9.10. The zero-order valence-electron chi connectivity index (χ0n) is 12.0. The second-order valence-corrected chi connectivity index (χ2v) is 5.76. The lowest BCUT2D eigenvalue weighted by Gasteiger charge is -2.07. The zero-order chi connectivity index (χ0) is 15.8. The number of benzene rings is 2. The van der Waals surface area contributed by atoms with Crippen LogP contribution >= 0.6 is 28.1 Å². The molecule has 6 heteroatoms. The van der Waals surface area contributed by atoms with Crippen LogP contribution in [0.25, 0.3) is 0 Å². The van der Waals surface area contributed by atoms with E-state index in [9.17, 15) is 0 Å². The summed E-state index contributed by atoms with van der Waals surface area (Å²) in [7, 11) is 1.74. The van der Waals surface area contributed by atoms with Gasteiger partial charge < -0.3 is 10.1 Å².